The Morgan fingerprint density at radius 1 is 1.38 bits per heavy atom. The molecule has 1 aliphatic heterocycles. The number of carbonyl (C=O) groups is 1. The Morgan fingerprint density at radius 3 is 2.69 bits per heavy atom. The number of alkyl halides is 3. The topological polar surface area (TPSA) is 85.2 Å². The van der Waals surface area contributed by atoms with E-state index < -0.39 is 23.3 Å². The highest BCUT2D eigenvalue weighted by Crippen LogP contribution is 2.34. The quantitative estimate of drug-likeness (QED) is 0.868. The summed E-state index contributed by atoms with van der Waals surface area (Å²) >= 11 is 0. The van der Waals surface area contributed by atoms with Gasteiger partial charge in [0.1, 0.15) is 0 Å². The van der Waals surface area contributed by atoms with E-state index in [0.29, 0.717) is 17.6 Å². The summed E-state index contributed by atoms with van der Waals surface area (Å²) in [6.07, 6.45) is -3.20. The van der Waals surface area contributed by atoms with Crippen LogP contribution in [0.1, 0.15) is 22.5 Å². The molecule has 1 amide bonds. The lowest BCUT2D eigenvalue weighted by Gasteiger charge is -2.24. The first kappa shape index (κ1) is 18.1. The highest BCUT2D eigenvalue weighted by Gasteiger charge is 2.42. The average Bonchev–Trinajstić information content (AvgIpc) is 3.29. The van der Waals surface area contributed by atoms with Crippen molar-refractivity contribution >= 4 is 5.91 Å². The molecule has 0 radical (unpaired) electrons. The van der Waals surface area contributed by atoms with Crippen molar-refractivity contribution in [3.8, 4) is 11.7 Å². The van der Waals surface area contributed by atoms with E-state index in [1.54, 1.807) is 0 Å². The van der Waals surface area contributed by atoms with E-state index in [9.17, 15) is 18.0 Å². The second-order valence-electron chi connectivity index (χ2n) is 5.81. The van der Waals surface area contributed by atoms with Crippen LogP contribution in [0.5, 0.6) is 5.88 Å². The van der Waals surface area contributed by atoms with Gasteiger partial charge in [-0.1, -0.05) is 0 Å². The Kier molecular flexibility index (Phi) is 4.81. The van der Waals surface area contributed by atoms with E-state index in [4.69, 9.17) is 4.74 Å². The van der Waals surface area contributed by atoms with Gasteiger partial charge in [-0.3, -0.25) is 4.79 Å². The summed E-state index contributed by atoms with van der Waals surface area (Å²) in [6, 6.07) is 2.49. The summed E-state index contributed by atoms with van der Waals surface area (Å²) in [5.41, 5.74) is -1.70. The number of methoxy groups -OCH3 is 1. The minimum Gasteiger partial charge on any atom is -0.480 e. The number of halogens is 3. The van der Waals surface area contributed by atoms with Gasteiger partial charge in [-0.2, -0.15) is 18.3 Å². The van der Waals surface area contributed by atoms with Gasteiger partial charge in [0.2, 0.25) is 5.88 Å². The fourth-order valence-electron chi connectivity index (χ4n) is 2.81. The molecule has 26 heavy (non-hydrogen) atoms. The number of amides is 1. The summed E-state index contributed by atoms with van der Waals surface area (Å²) < 4.78 is 46.4. The molecule has 1 atom stereocenters. The van der Waals surface area contributed by atoms with E-state index in [1.807, 2.05) is 0 Å². The summed E-state index contributed by atoms with van der Waals surface area (Å²) in [6.45, 7) is 1.26. The Morgan fingerprint density at radius 2 is 2.15 bits per heavy atom. The highest BCUT2D eigenvalue weighted by molar-refractivity contribution is 5.95. The molecule has 0 spiro atoms. The van der Waals surface area contributed by atoms with Crippen LogP contribution in [0, 0.1) is 0 Å². The molecule has 0 bridgehead atoms. The Hall–Kier alpha value is -2.69. The fraction of sp³-hybridized carbons (Fsp3) is 0.467. The van der Waals surface area contributed by atoms with Crippen molar-refractivity contribution in [2.45, 2.75) is 18.6 Å². The smallest absolute Gasteiger partial charge is 0.434 e. The van der Waals surface area contributed by atoms with Crippen LogP contribution in [0.2, 0.25) is 0 Å². The Labute approximate surface area is 146 Å². The van der Waals surface area contributed by atoms with Crippen LogP contribution in [-0.4, -0.2) is 64.1 Å². The first-order valence-corrected chi connectivity index (χ1v) is 7.84. The Balaban J connectivity index is 2.00. The van der Waals surface area contributed by atoms with Crippen molar-refractivity contribution in [2.24, 2.45) is 0 Å². The standard InChI is InChI=1S/C15H17F3N6O2/c1-23(9-5-6-19-7-9)14(25)10-8-20-24(13(10)15(16,17)18)11-3-4-12(26-2)22-21-11/h3-4,8-9,19H,5-7H2,1-2H3/t9-/m1/s1. The van der Waals surface area contributed by atoms with Gasteiger partial charge in [0.15, 0.2) is 11.5 Å². The number of nitrogens with zero attached hydrogens (tertiary/aromatic N) is 5. The van der Waals surface area contributed by atoms with Crippen molar-refractivity contribution in [1.82, 2.24) is 30.2 Å². The number of hydrogen-bond acceptors (Lipinski definition) is 6. The number of aromatic nitrogens is 4. The largest absolute Gasteiger partial charge is 0.480 e. The van der Waals surface area contributed by atoms with Crippen LogP contribution < -0.4 is 10.1 Å². The van der Waals surface area contributed by atoms with Crippen LogP contribution in [0.15, 0.2) is 18.3 Å². The zero-order chi connectivity index (χ0) is 18.9. The highest BCUT2D eigenvalue weighted by atomic mass is 19.4. The molecule has 8 nitrogen and oxygen atoms in total. The summed E-state index contributed by atoms with van der Waals surface area (Å²) in [7, 11) is 2.86. The SMILES string of the molecule is COc1ccc(-n2ncc(C(=O)N(C)[C@@H]3CCNC3)c2C(F)(F)F)nn1. The number of ether oxygens (including phenoxy) is 1. The number of rotatable bonds is 4. The maximum atomic E-state index is 13.7. The van der Waals surface area contributed by atoms with Crippen LogP contribution >= 0.6 is 0 Å². The molecule has 1 N–H and O–H groups in total. The van der Waals surface area contributed by atoms with E-state index >= 15 is 0 Å². The third-order valence-electron chi connectivity index (χ3n) is 4.22. The second-order valence-corrected chi connectivity index (χ2v) is 5.81. The van der Waals surface area contributed by atoms with Crippen molar-refractivity contribution < 1.29 is 22.7 Å². The predicted octanol–water partition coefficient (Wildman–Crippen LogP) is 1.12. The van der Waals surface area contributed by atoms with Gasteiger partial charge < -0.3 is 15.0 Å². The molecule has 140 valence electrons. The summed E-state index contributed by atoms with van der Waals surface area (Å²) in [5, 5.41) is 14.1. The van der Waals surface area contributed by atoms with Gasteiger partial charge in [-0.15, -0.1) is 10.2 Å². The number of carbonyl (C=O) groups excluding carboxylic acids is 1. The molecule has 0 unspecified atom stereocenters. The zero-order valence-corrected chi connectivity index (χ0v) is 14.1. The van der Waals surface area contributed by atoms with Gasteiger partial charge in [-0.25, -0.2) is 4.68 Å². The average molecular weight is 370 g/mol. The molecule has 0 saturated carbocycles. The normalized spacial score (nSPS) is 17.3. The molecule has 0 aromatic carbocycles. The van der Waals surface area contributed by atoms with Gasteiger partial charge in [0, 0.05) is 25.7 Å². The second kappa shape index (κ2) is 6.90. The monoisotopic (exact) mass is 370 g/mol. The molecule has 1 aliphatic rings. The molecule has 3 heterocycles. The molecule has 1 saturated heterocycles. The maximum Gasteiger partial charge on any atom is 0.434 e. The third-order valence-corrected chi connectivity index (χ3v) is 4.22. The lowest BCUT2D eigenvalue weighted by molar-refractivity contribution is -0.143. The van der Waals surface area contributed by atoms with Crippen molar-refractivity contribution in [3.05, 3.63) is 29.6 Å². The molecule has 0 aliphatic carbocycles. The van der Waals surface area contributed by atoms with E-state index in [2.05, 4.69) is 20.6 Å². The van der Waals surface area contributed by atoms with Crippen molar-refractivity contribution in [1.29, 1.82) is 0 Å². The lowest BCUT2D eigenvalue weighted by atomic mass is 10.1. The van der Waals surface area contributed by atoms with Gasteiger partial charge in [0.25, 0.3) is 5.91 Å². The predicted molar refractivity (Wildman–Crippen MR) is 84.1 cm³/mol. The zero-order valence-electron chi connectivity index (χ0n) is 14.1. The van der Waals surface area contributed by atoms with Gasteiger partial charge >= 0.3 is 6.18 Å². The lowest BCUT2D eigenvalue weighted by Crippen LogP contribution is -2.39. The van der Waals surface area contributed by atoms with Crippen LogP contribution in [0.4, 0.5) is 13.2 Å². The van der Waals surface area contributed by atoms with Crippen LogP contribution in [-0.2, 0) is 6.18 Å². The molecular weight excluding hydrogens is 353 g/mol. The van der Waals surface area contributed by atoms with Gasteiger partial charge in [-0.05, 0) is 19.0 Å². The van der Waals surface area contributed by atoms with E-state index in [0.717, 1.165) is 12.7 Å². The Bertz CT molecular complexity index is 784. The molecule has 2 aromatic rings. The van der Waals surface area contributed by atoms with Crippen LogP contribution in [0.3, 0.4) is 0 Å². The molecule has 2 aromatic heterocycles. The molecule has 3 rings (SSSR count). The first-order valence-electron chi connectivity index (χ1n) is 7.84. The third kappa shape index (κ3) is 3.34. The number of likely N-dealkylation sites (N-methyl/N-ethyl adjacent to an activating group) is 1. The molecular formula is C15H17F3N6O2. The number of nitrogens with one attached hydrogen (secondary N) is 1. The van der Waals surface area contributed by atoms with Crippen molar-refractivity contribution in [3.63, 3.8) is 0 Å². The minimum absolute atomic E-state index is 0.152. The number of hydrogen-bond donors (Lipinski definition) is 1. The molecule has 11 heteroatoms. The summed E-state index contributed by atoms with van der Waals surface area (Å²) in [5.74, 6) is -0.750. The maximum absolute atomic E-state index is 13.7. The molecule has 1 fully saturated rings. The van der Waals surface area contributed by atoms with Crippen molar-refractivity contribution in [2.75, 3.05) is 27.2 Å². The fourth-order valence-corrected chi connectivity index (χ4v) is 2.81. The van der Waals surface area contributed by atoms with E-state index in [-0.39, 0.29) is 17.7 Å². The summed E-state index contributed by atoms with van der Waals surface area (Å²) in [4.78, 5) is 13.9. The van der Waals surface area contributed by atoms with Crippen LogP contribution in [0.25, 0.3) is 5.82 Å². The van der Waals surface area contributed by atoms with E-state index in [1.165, 1.54) is 31.2 Å². The first-order chi connectivity index (χ1) is 12.3. The van der Waals surface area contributed by atoms with Gasteiger partial charge in [0.05, 0.1) is 18.9 Å². The minimum atomic E-state index is -4.79.